The second kappa shape index (κ2) is 30.9. The molecule has 0 spiro atoms. The Morgan fingerprint density at radius 1 is 0.580 bits per heavy atom. The number of aliphatic hydroxyl groups is 1. The number of carbonyl (C=O) groups is 8. The summed E-state index contributed by atoms with van der Waals surface area (Å²) in [5.41, 5.74) is 14.5. The number of nitrogens with two attached hydrogens (primary N) is 2. The van der Waals surface area contributed by atoms with Gasteiger partial charge in [-0.1, -0.05) is 54.6 Å². The SMILES string of the molecule is C[C@@H](O)[C@H](NC(=O)[C@H](CCCCN)NC(=O)[C@@H](Cc1c[nH]c2ccccc12)NC(=O)[C@H](Cc1ccc(O)cc1)NC(=O)[C@@H](CS)NC(=O)[C@@H](N)Cc1ccc([N+](=O)[O-])cc1)C(=O)N[C@@H](CS)C(=O)N[C@H](Cc1ccc(O)cc1)C(=O)O. The molecule has 0 bridgehead atoms. The van der Waals surface area contributed by atoms with Gasteiger partial charge in [0, 0.05) is 60.0 Å². The third kappa shape index (κ3) is 19.2. The lowest BCUT2D eigenvalue weighted by Crippen LogP contribution is -2.62. The zero-order chi connectivity index (χ0) is 59.3. The number of hydrogen-bond acceptors (Lipinski definition) is 17. The molecule has 27 heteroatoms. The highest BCUT2D eigenvalue weighted by Crippen LogP contribution is 2.21. The van der Waals surface area contributed by atoms with Crippen LogP contribution in [0.3, 0.4) is 0 Å². The van der Waals surface area contributed by atoms with Crippen molar-refractivity contribution in [1.82, 2.24) is 42.2 Å². The lowest BCUT2D eigenvalue weighted by molar-refractivity contribution is -0.384. The maximum Gasteiger partial charge on any atom is 0.326 e. The molecule has 9 atom stereocenters. The number of hydrogen-bond donors (Lipinski definition) is 16. The van der Waals surface area contributed by atoms with Gasteiger partial charge in [-0.15, -0.1) is 0 Å². The number of unbranched alkanes of at least 4 members (excludes halogenated alkanes) is 1. The maximum atomic E-state index is 14.7. The van der Waals surface area contributed by atoms with Crippen molar-refractivity contribution in [3.63, 3.8) is 0 Å². The first-order valence-corrected chi connectivity index (χ1v) is 26.9. The predicted octanol–water partition coefficient (Wildman–Crippen LogP) is -0.0672. The van der Waals surface area contributed by atoms with Gasteiger partial charge >= 0.3 is 5.97 Å². The van der Waals surface area contributed by atoms with E-state index >= 15 is 0 Å². The van der Waals surface area contributed by atoms with Crippen molar-refractivity contribution in [2.24, 2.45) is 11.5 Å². The summed E-state index contributed by atoms with van der Waals surface area (Å²) in [5, 5.41) is 69.9. The van der Waals surface area contributed by atoms with E-state index in [0.717, 1.165) is 0 Å². The minimum Gasteiger partial charge on any atom is -0.508 e. The lowest BCUT2D eigenvalue weighted by Gasteiger charge is -2.28. The normalized spacial score (nSPS) is 14.5. The summed E-state index contributed by atoms with van der Waals surface area (Å²) in [6, 6.07) is 12.2. The van der Waals surface area contributed by atoms with Crippen LogP contribution >= 0.6 is 25.3 Å². The van der Waals surface area contributed by atoms with Crippen LogP contribution in [0.5, 0.6) is 11.5 Å². The molecule has 7 amide bonds. The van der Waals surface area contributed by atoms with E-state index < -0.39 is 107 Å². The van der Waals surface area contributed by atoms with Gasteiger partial charge in [-0.25, -0.2) is 4.79 Å². The zero-order valence-corrected chi connectivity index (χ0v) is 45.7. The van der Waals surface area contributed by atoms with Gasteiger partial charge in [0.2, 0.25) is 41.4 Å². The number of aromatic amines is 1. The van der Waals surface area contributed by atoms with Crippen LogP contribution in [0.25, 0.3) is 10.9 Å². The van der Waals surface area contributed by atoms with Crippen LogP contribution in [0.4, 0.5) is 5.69 Å². The third-order valence-corrected chi connectivity index (χ3v) is 13.7. The molecule has 0 fully saturated rings. The van der Waals surface area contributed by atoms with Crippen LogP contribution in [-0.4, -0.2) is 150 Å². The molecule has 81 heavy (non-hydrogen) atoms. The van der Waals surface area contributed by atoms with Crippen molar-refractivity contribution in [3.05, 3.63) is 136 Å². The van der Waals surface area contributed by atoms with Gasteiger partial charge in [-0.2, -0.15) is 25.3 Å². The van der Waals surface area contributed by atoms with E-state index in [9.17, 15) is 68.9 Å². The zero-order valence-electron chi connectivity index (χ0n) is 43.9. The largest absolute Gasteiger partial charge is 0.508 e. The lowest BCUT2D eigenvalue weighted by atomic mass is 10.0. The third-order valence-electron chi connectivity index (χ3n) is 12.9. The number of aliphatic hydroxyl groups excluding tert-OH is 1. The standard InChI is InChI=1S/C54H67N11O14S2/c1-29(66)46(53(75)63-45(28-81)52(74)61-43(54(76)77)24-32-13-19-36(68)20-14-32)64-48(70)40(8-4-5-21-55)58-50(72)42(25-33-26-57-39-7-3-2-6-37(33)39)60-49(71)41(23-31-11-17-35(67)18-12-31)59-51(73)44(27-80)62-47(69)38(56)22-30-9-15-34(16-10-30)65(78)79/h2-3,6-7,9-20,26,29,38,40-46,57,66-68,80-81H,4-5,8,21-25,27-28,55-56H2,1H3,(H,58,72)(H,59,73)(H,60,71)(H,61,74)(H,62,69)(H,63,75)(H,64,70)(H,76,77)/t29-,38+,40+,41+,42-,43-,44-,45+,46+/m1/s1. The molecule has 0 saturated heterocycles. The van der Waals surface area contributed by atoms with Crippen LogP contribution in [0, 0.1) is 10.1 Å². The summed E-state index contributed by atoms with van der Waals surface area (Å²) in [6.07, 6.45) is -0.0354. The van der Waals surface area contributed by atoms with Crippen LogP contribution < -0.4 is 48.7 Å². The Morgan fingerprint density at radius 3 is 1.54 bits per heavy atom. The molecular weight excluding hydrogens is 1090 g/mol. The second-order valence-corrected chi connectivity index (χ2v) is 19.9. The Hall–Kier alpha value is -8.24. The Bertz CT molecular complexity index is 2980. The molecule has 434 valence electrons. The molecule has 4 aromatic carbocycles. The highest BCUT2D eigenvalue weighted by Gasteiger charge is 2.36. The fourth-order valence-corrected chi connectivity index (χ4v) is 8.93. The van der Waals surface area contributed by atoms with Crippen LogP contribution in [0.15, 0.2) is 103 Å². The Morgan fingerprint density at radius 2 is 1.02 bits per heavy atom. The second-order valence-electron chi connectivity index (χ2n) is 19.1. The number of phenolic OH excluding ortho intramolecular Hbond substituents is 2. The molecule has 5 aromatic rings. The number of amides is 7. The first-order chi connectivity index (χ1) is 38.6. The number of nitro benzene ring substituents is 1. The topological polar surface area (TPSA) is 413 Å². The van der Waals surface area contributed by atoms with Crippen molar-refractivity contribution >= 4 is 89.2 Å². The molecule has 1 heterocycles. The van der Waals surface area contributed by atoms with E-state index in [0.29, 0.717) is 39.6 Å². The molecule has 5 rings (SSSR count). The summed E-state index contributed by atoms with van der Waals surface area (Å²) in [5.74, 6) is -8.60. The number of aromatic hydroxyl groups is 2. The number of carboxylic acid groups (broad SMARTS) is 1. The van der Waals surface area contributed by atoms with Crippen molar-refractivity contribution in [2.45, 2.75) is 106 Å². The molecule has 0 aliphatic rings. The number of carboxylic acids is 1. The number of nitrogens with one attached hydrogen (secondary N) is 8. The number of thiol groups is 2. The van der Waals surface area contributed by atoms with E-state index in [1.54, 1.807) is 30.5 Å². The smallest absolute Gasteiger partial charge is 0.326 e. The van der Waals surface area contributed by atoms with Crippen LogP contribution in [-0.2, 0) is 64.0 Å². The van der Waals surface area contributed by atoms with Crippen molar-refractivity contribution in [1.29, 1.82) is 0 Å². The van der Waals surface area contributed by atoms with Gasteiger partial charge in [0.05, 0.1) is 17.1 Å². The number of aliphatic carboxylic acids is 1. The van der Waals surface area contributed by atoms with Gasteiger partial charge in [-0.05, 0) is 91.7 Å². The molecule has 0 saturated carbocycles. The average molecular weight is 1160 g/mol. The Kier molecular flexibility index (Phi) is 24.3. The number of aromatic nitrogens is 1. The van der Waals surface area contributed by atoms with Crippen LogP contribution in [0.2, 0.25) is 0 Å². The number of rotatable bonds is 31. The number of non-ortho nitro benzene ring substituents is 1. The fourth-order valence-electron chi connectivity index (χ4n) is 8.41. The molecule has 0 aliphatic carbocycles. The molecule has 25 nitrogen and oxygen atoms in total. The molecule has 1 aromatic heterocycles. The molecule has 0 radical (unpaired) electrons. The van der Waals surface area contributed by atoms with E-state index in [-0.39, 0.29) is 73.8 Å². The van der Waals surface area contributed by atoms with E-state index in [1.165, 1.54) is 79.7 Å². The van der Waals surface area contributed by atoms with Crippen molar-refractivity contribution < 1.29 is 63.7 Å². The number of nitro groups is 1. The highest BCUT2D eigenvalue weighted by atomic mass is 32.1. The number of nitrogens with zero attached hydrogens (tertiary/aromatic N) is 1. The quantitative estimate of drug-likeness (QED) is 0.0120. The molecule has 16 N–H and O–H groups in total. The molecule has 0 unspecified atom stereocenters. The summed E-state index contributed by atoms with van der Waals surface area (Å²) >= 11 is 8.44. The Labute approximate surface area is 476 Å². The van der Waals surface area contributed by atoms with Gasteiger partial charge in [0.25, 0.3) is 5.69 Å². The minimum atomic E-state index is -1.75. The number of carbonyl (C=O) groups excluding carboxylic acids is 7. The number of benzene rings is 4. The number of H-pyrrole nitrogens is 1. The highest BCUT2D eigenvalue weighted by molar-refractivity contribution is 7.80. The molecular formula is C54H67N11O14S2. The van der Waals surface area contributed by atoms with Gasteiger partial charge in [0.1, 0.15) is 53.8 Å². The van der Waals surface area contributed by atoms with Crippen molar-refractivity contribution in [2.75, 3.05) is 18.1 Å². The van der Waals surface area contributed by atoms with E-state index in [4.69, 9.17) is 11.5 Å². The fraction of sp³-hybridized carbons (Fsp3) is 0.370. The first-order valence-electron chi connectivity index (χ1n) is 25.7. The van der Waals surface area contributed by atoms with E-state index in [2.05, 4.69) is 67.5 Å². The number of phenols is 2. The first kappa shape index (κ1) is 63.6. The summed E-state index contributed by atoms with van der Waals surface area (Å²) < 4.78 is 0. The summed E-state index contributed by atoms with van der Waals surface area (Å²) in [6.45, 7) is 1.39. The van der Waals surface area contributed by atoms with Gasteiger partial charge in [-0.3, -0.25) is 43.7 Å². The molecule has 0 aliphatic heterocycles. The predicted molar refractivity (Wildman–Crippen MR) is 304 cm³/mol. The summed E-state index contributed by atoms with van der Waals surface area (Å²) in [4.78, 5) is 124. The maximum absolute atomic E-state index is 14.7. The van der Waals surface area contributed by atoms with Gasteiger partial charge in [0.15, 0.2) is 0 Å². The number of para-hydroxylation sites is 1. The summed E-state index contributed by atoms with van der Waals surface area (Å²) in [7, 11) is 0. The Balaban J connectivity index is 1.37. The van der Waals surface area contributed by atoms with Gasteiger partial charge < -0.3 is 74.1 Å². The number of fused-ring (bicyclic) bond motifs is 1. The monoisotopic (exact) mass is 1160 g/mol. The van der Waals surface area contributed by atoms with Crippen molar-refractivity contribution in [3.8, 4) is 11.5 Å². The van der Waals surface area contributed by atoms with Crippen LogP contribution in [0.1, 0.15) is 48.4 Å². The minimum absolute atomic E-state index is 0.0530. The van der Waals surface area contributed by atoms with E-state index in [1.807, 2.05) is 0 Å². The average Bonchev–Trinajstić information content (AvgIpc) is 3.97.